The Balaban J connectivity index is 1.63. The molecule has 0 aliphatic carbocycles. The molecule has 8 heteroatoms. The van der Waals surface area contributed by atoms with Gasteiger partial charge in [-0.15, -0.1) is 10.2 Å². The highest BCUT2D eigenvalue weighted by molar-refractivity contribution is 7.98. The minimum atomic E-state index is 0.348. The summed E-state index contributed by atoms with van der Waals surface area (Å²) < 4.78 is 13.0. The molecule has 0 saturated heterocycles. The highest BCUT2D eigenvalue weighted by Gasteiger charge is 2.12. The van der Waals surface area contributed by atoms with Gasteiger partial charge in [-0.05, 0) is 48.9 Å². The lowest BCUT2D eigenvalue weighted by atomic mass is 10.2. The van der Waals surface area contributed by atoms with Crippen LogP contribution >= 0.6 is 35.0 Å². The molecule has 3 aromatic rings. The lowest BCUT2D eigenvalue weighted by molar-refractivity contribution is 0.287. The van der Waals surface area contributed by atoms with E-state index in [1.165, 1.54) is 0 Å². The van der Waals surface area contributed by atoms with E-state index in [2.05, 4.69) is 17.1 Å². The maximum Gasteiger partial charge on any atom is 0.191 e. The predicted octanol–water partition coefficient (Wildman–Crippen LogP) is 5.48. The van der Waals surface area contributed by atoms with Gasteiger partial charge in [0.15, 0.2) is 11.0 Å². The van der Waals surface area contributed by atoms with Crippen LogP contribution in [0, 0.1) is 0 Å². The van der Waals surface area contributed by atoms with E-state index in [4.69, 9.17) is 32.7 Å². The number of halogens is 2. The second-order valence-electron chi connectivity index (χ2n) is 5.64. The molecule has 3 rings (SSSR count). The highest BCUT2D eigenvalue weighted by atomic mass is 35.5. The summed E-state index contributed by atoms with van der Waals surface area (Å²) in [6.45, 7) is 3.17. The van der Waals surface area contributed by atoms with Crippen molar-refractivity contribution in [1.82, 2.24) is 14.8 Å². The van der Waals surface area contributed by atoms with Gasteiger partial charge in [0, 0.05) is 12.3 Å². The monoisotopic (exact) mass is 423 g/mol. The molecule has 27 heavy (non-hydrogen) atoms. The molecule has 0 saturated carbocycles. The first kappa shape index (κ1) is 19.9. The number of hydrogen-bond acceptors (Lipinski definition) is 5. The molecule has 5 nitrogen and oxygen atoms in total. The zero-order chi connectivity index (χ0) is 19.2. The fourth-order valence-electron chi connectivity index (χ4n) is 2.45. The van der Waals surface area contributed by atoms with E-state index in [0.29, 0.717) is 16.7 Å². The molecule has 0 atom stereocenters. The van der Waals surface area contributed by atoms with Gasteiger partial charge in [0.25, 0.3) is 0 Å². The molecule has 0 aliphatic rings. The number of benzene rings is 2. The zero-order valence-corrected chi connectivity index (χ0v) is 17.3. The number of hydrogen-bond donors (Lipinski definition) is 0. The topological polar surface area (TPSA) is 49.2 Å². The lowest BCUT2D eigenvalue weighted by Gasteiger charge is -2.09. The Bertz CT molecular complexity index is 900. The number of methoxy groups -OCH3 is 1. The van der Waals surface area contributed by atoms with Gasteiger partial charge >= 0.3 is 0 Å². The van der Waals surface area contributed by atoms with E-state index in [9.17, 15) is 0 Å². The van der Waals surface area contributed by atoms with Crippen LogP contribution in [0.25, 0.3) is 0 Å². The molecule has 0 radical (unpaired) electrons. The van der Waals surface area contributed by atoms with E-state index in [-0.39, 0.29) is 0 Å². The van der Waals surface area contributed by atoms with Gasteiger partial charge in [-0.25, -0.2) is 0 Å². The van der Waals surface area contributed by atoms with Crippen molar-refractivity contribution >= 4 is 35.0 Å². The van der Waals surface area contributed by atoms with Crippen molar-refractivity contribution in [3.63, 3.8) is 0 Å². The summed E-state index contributed by atoms with van der Waals surface area (Å²) in [5, 5.41) is 10.5. The van der Waals surface area contributed by atoms with Crippen LogP contribution in [0.3, 0.4) is 0 Å². The fourth-order valence-corrected chi connectivity index (χ4v) is 3.73. The summed E-state index contributed by atoms with van der Waals surface area (Å²) in [6.07, 6.45) is 0. The Hall–Kier alpha value is -1.89. The number of rotatable bonds is 8. The molecule has 0 aliphatic heterocycles. The Morgan fingerprint density at radius 3 is 2.41 bits per heavy atom. The number of aromatic nitrogens is 3. The highest BCUT2D eigenvalue weighted by Crippen LogP contribution is 2.27. The summed E-state index contributed by atoms with van der Waals surface area (Å²) in [5.41, 5.74) is 1.08. The van der Waals surface area contributed by atoms with Crippen molar-refractivity contribution in [3.8, 4) is 11.5 Å². The van der Waals surface area contributed by atoms with Gasteiger partial charge in [-0.3, -0.25) is 0 Å². The first-order chi connectivity index (χ1) is 13.1. The smallest absolute Gasteiger partial charge is 0.191 e. The molecule has 1 heterocycles. The summed E-state index contributed by atoms with van der Waals surface area (Å²) in [4.78, 5) is 0. The normalized spacial score (nSPS) is 10.8. The van der Waals surface area contributed by atoms with Gasteiger partial charge in [0.1, 0.15) is 18.1 Å². The van der Waals surface area contributed by atoms with Crippen molar-refractivity contribution in [1.29, 1.82) is 0 Å². The second-order valence-corrected chi connectivity index (χ2v) is 7.40. The molecule has 0 spiro atoms. The molecule has 0 N–H and O–H groups in total. The third kappa shape index (κ3) is 5.09. The van der Waals surface area contributed by atoms with E-state index in [0.717, 1.165) is 40.3 Å². The van der Waals surface area contributed by atoms with Gasteiger partial charge in [-0.2, -0.15) is 0 Å². The molecule has 2 aromatic carbocycles. The minimum absolute atomic E-state index is 0.348. The quantitative estimate of drug-likeness (QED) is 0.448. The average molecular weight is 424 g/mol. The number of nitrogens with zero attached hydrogens (tertiary/aromatic N) is 3. The minimum Gasteiger partial charge on any atom is -0.497 e. The van der Waals surface area contributed by atoms with Crippen LogP contribution in [0.15, 0.2) is 47.6 Å². The first-order valence-corrected chi connectivity index (χ1v) is 10.1. The molecule has 0 bridgehead atoms. The van der Waals surface area contributed by atoms with Gasteiger partial charge < -0.3 is 14.0 Å². The maximum absolute atomic E-state index is 6.08. The summed E-state index contributed by atoms with van der Waals surface area (Å²) in [5.74, 6) is 3.06. The van der Waals surface area contributed by atoms with Crippen LogP contribution in [0.2, 0.25) is 10.0 Å². The van der Waals surface area contributed by atoms with E-state index in [1.807, 2.05) is 41.0 Å². The van der Waals surface area contributed by atoms with Crippen molar-refractivity contribution in [3.05, 3.63) is 63.9 Å². The first-order valence-electron chi connectivity index (χ1n) is 8.36. The zero-order valence-electron chi connectivity index (χ0n) is 15.0. The molecular formula is C19H19Cl2N3O2S. The van der Waals surface area contributed by atoms with Crippen LogP contribution in [0.1, 0.15) is 18.3 Å². The van der Waals surface area contributed by atoms with Gasteiger partial charge in [-0.1, -0.05) is 41.0 Å². The molecule has 1 aromatic heterocycles. The average Bonchev–Trinajstić information content (AvgIpc) is 3.09. The van der Waals surface area contributed by atoms with Crippen LogP contribution in [-0.2, 0) is 18.9 Å². The standard InChI is InChI=1S/C19H19Cl2N3O2S/c1-3-24-18(11-26-15-7-5-14(25-2)6-8-15)22-23-19(24)27-12-13-4-9-16(20)17(21)10-13/h4-10H,3,11-12H2,1-2H3. The summed E-state index contributed by atoms with van der Waals surface area (Å²) >= 11 is 13.6. The number of thioether (sulfide) groups is 1. The lowest BCUT2D eigenvalue weighted by Crippen LogP contribution is -2.07. The molecule has 0 fully saturated rings. The maximum atomic E-state index is 6.08. The largest absolute Gasteiger partial charge is 0.497 e. The van der Waals surface area contributed by atoms with Crippen LogP contribution in [-0.4, -0.2) is 21.9 Å². The number of ether oxygens (including phenoxy) is 2. The summed E-state index contributed by atoms with van der Waals surface area (Å²) in [7, 11) is 1.64. The SMILES string of the molecule is CCn1c(COc2ccc(OC)cc2)nnc1SCc1ccc(Cl)c(Cl)c1. The third-order valence-corrected chi connectivity index (χ3v) is 5.67. The molecular weight excluding hydrogens is 405 g/mol. The predicted molar refractivity (Wildman–Crippen MR) is 109 cm³/mol. The Kier molecular flexibility index (Phi) is 6.88. The van der Waals surface area contributed by atoms with Crippen molar-refractivity contribution in [2.75, 3.05) is 7.11 Å². The molecule has 0 unspecified atom stereocenters. The van der Waals surface area contributed by atoms with Crippen molar-refractivity contribution in [2.24, 2.45) is 0 Å². The summed E-state index contributed by atoms with van der Waals surface area (Å²) in [6, 6.07) is 13.1. The van der Waals surface area contributed by atoms with Gasteiger partial charge in [0.2, 0.25) is 0 Å². The van der Waals surface area contributed by atoms with Crippen LogP contribution in [0.4, 0.5) is 0 Å². The van der Waals surface area contributed by atoms with Crippen LogP contribution < -0.4 is 9.47 Å². The fraction of sp³-hybridized carbons (Fsp3) is 0.263. The Morgan fingerprint density at radius 1 is 1.00 bits per heavy atom. The van der Waals surface area contributed by atoms with Crippen molar-refractivity contribution < 1.29 is 9.47 Å². The third-order valence-electron chi connectivity index (χ3n) is 3.89. The molecule has 142 valence electrons. The van der Waals surface area contributed by atoms with E-state index < -0.39 is 0 Å². The van der Waals surface area contributed by atoms with E-state index >= 15 is 0 Å². The second kappa shape index (κ2) is 9.35. The Morgan fingerprint density at radius 2 is 1.74 bits per heavy atom. The van der Waals surface area contributed by atoms with Crippen LogP contribution in [0.5, 0.6) is 11.5 Å². The molecule has 0 amide bonds. The van der Waals surface area contributed by atoms with Gasteiger partial charge in [0.05, 0.1) is 17.2 Å². The van der Waals surface area contributed by atoms with E-state index in [1.54, 1.807) is 24.9 Å². The van der Waals surface area contributed by atoms with Crippen molar-refractivity contribution in [2.45, 2.75) is 31.0 Å². The Labute approximate surface area is 172 Å².